The standard InChI is InChI=1S/C9H16N4O2/c1-2-4-13-5-3-11-9(13)6-12-15-7-8(10)14/h3,5,12H,2,4,6-7H2,1H3,(H2,10,14). The number of primary amides is 1. The molecule has 6 nitrogen and oxygen atoms in total. The molecule has 0 bridgehead atoms. The van der Waals surface area contributed by atoms with Crippen LogP contribution in [0.15, 0.2) is 12.4 Å². The lowest BCUT2D eigenvalue weighted by molar-refractivity contribution is -0.125. The van der Waals surface area contributed by atoms with Crippen molar-refractivity contribution in [1.29, 1.82) is 0 Å². The number of carbonyl (C=O) groups excluding carboxylic acids is 1. The number of nitrogens with zero attached hydrogens (tertiary/aromatic N) is 2. The number of nitrogens with one attached hydrogen (secondary N) is 1. The molecule has 1 aromatic heterocycles. The van der Waals surface area contributed by atoms with E-state index in [-0.39, 0.29) is 6.61 Å². The quantitative estimate of drug-likeness (QED) is 0.484. The predicted molar refractivity (Wildman–Crippen MR) is 54.5 cm³/mol. The third-order valence-electron chi connectivity index (χ3n) is 1.81. The lowest BCUT2D eigenvalue weighted by atomic mass is 10.4. The fourth-order valence-corrected chi connectivity index (χ4v) is 1.19. The van der Waals surface area contributed by atoms with Crippen molar-refractivity contribution in [3.63, 3.8) is 0 Å². The minimum Gasteiger partial charge on any atom is -0.368 e. The molecule has 0 atom stereocenters. The van der Waals surface area contributed by atoms with Crippen molar-refractivity contribution < 1.29 is 9.63 Å². The van der Waals surface area contributed by atoms with Gasteiger partial charge in [0.05, 0.1) is 6.54 Å². The summed E-state index contributed by atoms with van der Waals surface area (Å²) in [6.45, 7) is 3.35. The van der Waals surface area contributed by atoms with E-state index in [0.717, 1.165) is 18.8 Å². The first-order chi connectivity index (χ1) is 7.24. The summed E-state index contributed by atoms with van der Waals surface area (Å²) in [4.78, 5) is 19.3. The van der Waals surface area contributed by atoms with Gasteiger partial charge in [0.15, 0.2) is 0 Å². The summed E-state index contributed by atoms with van der Waals surface area (Å²) in [5.74, 6) is 0.376. The second-order valence-electron chi connectivity index (χ2n) is 3.11. The molecule has 0 aliphatic carbocycles. The van der Waals surface area contributed by atoms with Crippen molar-refractivity contribution in [3.8, 4) is 0 Å². The number of nitrogens with two attached hydrogens (primary N) is 1. The maximum atomic E-state index is 10.4. The van der Waals surface area contributed by atoms with Crippen molar-refractivity contribution >= 4 is 5.91 Å². The van der Waals surface area contributed by atoms with Crippen LogP contribution in [0.25, 0.3) is 0 Å². The second-order valence-corrected chi connectivity index (χ2v) is 3.11. The van der Waals surface area contributed by atoms with E-state index in [1.165, 1.54) is 0 Å². The summed E-state index contributed by atoms with van der Waals surface area (Å²) >= 11 is 0. The number of imidazole rings is 1. The van der Waals surface area contributed by atoms with Crippen LogP contribution < -0.4 is 11.2 Å². The predicted octanol–water partition coefficient (Wildman–Crippen LogP) is -0.200. The van der Waals surface area contributed by atoms with Crippen LogP contribution in [0, 0.1) is 0 Å². The third kappa shape index (κ3) is 4.09. The Kier molecular flexibility index (Phi) is 4.79. The Bertz CT molecular complexity index is 311. The van der Waals surface area contributed by atoms with Crippen molar-refractivity contribution in [2.75, 3.05) is 6.61 Å². The summed E-state index contributed by atoms with van der Waals surface area (Å²) in [7, 11) is 0. The molecular formula is C9H16N4O2. The van der Waals surface area contributed by atoms with Crippen molar-refractivity contribution in [1.82, 2.24) is 15.0 Å². The molecule has 6 heteroatoms. The average Bonchev–Trinajstić information content (AvgIpc) is 2.61. The maximum absolute atomic E-state index is 10.4. The summed E-state index contributed by atoms with van der Waals surface area (Å²) in [6, 6.07) is 0. The molecule has 0 aromatic carbocycles. The van der Waals surface area contributed by atoms with Crippen LogP contribution in [-0.2, 0) is 22.7 Å². The van der Waals surface area contributed by atoms with Gasteiger partial charge >= 0.3 is 0 Å². The number of hydrogen-bond donors (Lipinski definition) is 2. The summed E-state index contributed by atoms with van der Waals surface area (Å²) < 4.78 is 2.03. The molecule has 0 saturated carbocycles. The Hall–Kier alpha value is -1.40. The van der Waals surface area contributed by atoms with Gasteiger partial charge in [0.1, 0.15) is 12.4 Å². The lowest BCUT2D eigenvalue weighted by Gasteiger charge is -2.06. The Morgan fingerprint density at radius 3 is 3.20 bits per heavy atom. The first kappa shape index (κ1) is 11.7. The van der Waals surface area contributed by atoms with E-state index in [0.29, 0.717) is 6.54 Å². The molecule has 0 aliphatic heterocycles. The monoisotopic (exact) mass is 212 g/mol. The summed E-state index contributed by atoms with van der Waals surface area (Å²) in [6.07, 6.45) is 4.70. The van der Waals surface area contributed by atoms with Crippen LogP contribution in [0.4, 0.5) is 0 Å². The third-order valence-corrected chi connectivity index (χ3v) is 1.81. The lowest BCUT2D eigenvalue weighted by Crippen LogP contribution is -2.25. The number of aryl methyl sites for hydroxylation is 1. The van der Waals surface area contributed by atoms with Crippen LogP contribution in [0.5, 0.6) is 0 Å². The van der Waals surface area contributed by atoms with Gasteiger partial charge in [-0.05, 0) is 6.42 Å². The Morgan fingerprint density at radius 1 is 1.73 bits per heavy atom. The first-order valence-electron chi connectivity index (χ1n) is 4.87. The first-order valence-corrected chi connectivity index (χ1v) is 4.87. The van der Waals surface area contributed by atoms with E-state index >= 15 is 0 Å². The van der Waals surface area contributed by atoms with Crippen molar-refractivity contribution in [2.45, 2.75) is 26.4 Å². The smallest absolute Gasteiger partial charge is 0.245 e. The van der Waals surface area contributed by atoms with Crippen LogP contribution in [0.2, 0.25) is 0 Å². The van der Waals surface area contributed by atoms with Gasteiger partial charge in [-0.2, -0.15) is 5.48 Å². The molecule has 0 aliphatic rings. The molecule has 0 unspecified atom stereocenters. The van der Waals surface area contributed by atoms with Crippen molar-refractivity contribution in [3.05, 3.63) is 18.2 Å². The molecule has 84 valence electrons. The van der Waals surface area contributed by atoms with Crippen LogP contribution >= 0.6 is 0 Å². The van der Waals surface area contributed by atoms with Crippen LogP contribution in [0.3, 0.4) is 0 Å². The molecule has 0 saturated heterocycles. The van der Waals surface area contributed by atoms with Gasteiger partial charge in [0.2, 0.25) is 5.91 Å². The molecule has 1 aromatic rings. The fraction of sp³-hybridized carbons (Fsp3) is 0.556. The molecular weight excluding hydrogens is 196 g/mol. The number of aromatic nitrogens is 2. The molecule has 15 heavy (non-hydrogen) atoms. The SMILES string of the molecule is CCCn1ccnc1CNOCC(N)=O. The van der Waals surface area contributed by atoms with Gasteiger partial charge in [0.25, 0.3) is 0 Å². The van der Waals surface area contributed by atoms with Gasteiger partial charge < -0.3 is 10.3 Å². The Morgan fingerprint density at radius 2 is 2.53 bits per heavy atom. The normalized spacial score (nSPS) is 10.5. The largest absolute Gasteiger partial charge is 0.368 e. The number of hydrogen-bond acceptors (Lipinski definition) is 4. The maximum Gasteiger partial charge on any atom is 0.245 e. The number of hydroxylamine groups is 1. The van der Waals surface area contributed by atoms with E-state index in [2.05, 4.69) is 17.4 Å². The number of carbonyl (C=O) groups is 1. The number of amides is 1. The van der Waals surface area contributed by atoms with Gasteiger partial charge in [-0.1, -0.05) is 6.92 Å². The molecule has 1 rings (SSSR count). The minimum atomic E-state index is -0.501. The zero-order chi connectivity index (χ0) is 11.1. The molecule has 0 spiro atoms. The van der Waals surface area contributed by atoms with E-state index in [9.17, 15) is 4.79 Å². The van der Waals surface area contributed by atoms with E-state index in [4.69, 9.17) is 10.6 Å². The van der Waals surface area contributed by atoms with Gasteiger partial charge in [-0.3, -0.25) is 9.63 Å². The highest BCUT2D eigenvalue weighted by Gasteiger charge is 2.01. The zero-order valence-electron chi connectivity index (χ0n) is 8.77. The highest BCUT2D eigenvalue weighted by molar-refractivity contribution is 5.74. The second kappa shape index (κ2) is 6.15. The van der Waals surface area contributed by atoms with Crippen LogP contribution in [0.1, 0.15) is 19.2 Å². The molecule has 0 fully saturated rings. The van der Waals surface area contributed by atoms with Gasteiger partial charge in [0, 0.05) is 18.9 Å². The fourth-order valence-electron chi connectivity index (χ4n) is 1.19. The summed E-state index contributed by atoms with van der Waals surface area (Å²) in [5, 5.41) is 0. The Balaban J connectivity index is 2.30. The van der Waals surface area contributed by atoms with Gasteiger partial charge in [-0.25, -0.2) is 4.98 Å². The molecule has 1 amide bonds. The minimum absolute atomic E-state index is 0.130. The topological polar surface area (TPSA) is 82.2 Å². The number of rotatable bonds is 7. The summed E-state index contributed by atoms with van der Waals surface area (Å²) in [5.41, 5.74) is 7.54. The molecule has 1 heterocycles. The van der Waals surface area contributed by atoms with Crippen molar-refractivity contribution in [2.24, 2.45) is 5.73 Å². The zero-order valence-corrected chi connectivity index (χ0v) is 8.77. The molecule has 0 radical (unpaired) electrons. The highest BCUT2D eigenvalue weighted by Crippen LogP contribution is 1.98. The van der Waals surface area contributed by atoms with E-state index < -0.39 is 5.91 Å². The average molecular weight is 212 g/mol. The molecule has 3 N–H and O–H groups in total. The van der Waals surface area contributed by atoms with E-state index in [1.807, 2.05) is 10.8 Å². The van der Waals surface area contributed by atoms with Gasteiger partial charge in [-0.15, -0.1) is 0 Å². The highest BCUT2D eigenvalue weighted by atomic mass is 16.6. The Labute approximate surface area is 88.4 Å². The van der Waals surface area contributed by atoms with Crippen LogP contribution in [-0.4, -0.2) is 22.1 Å². The van der Waals surface area contributed by atoms with E-state index in [1.54, 1.807) is 6.20 Å².